The Morgan fingerprint density at radius 3 is 1.25 bits per heavy atom. The molecule has 8 heteroatoms. The molecule has 2 N–H and O–H groups in total. The zero-order chi connectivity index (χ0) is 27.6. The Morgan fingerprint density at radius 1 is 0.550 bits per heavy atom. The van der Waals surface area contributed by atoms with Gasteiger partial charge in [0.1, 0.15) is 36.9 Å². The number of piperazine rings is 2. The number of ether oxygens (including phenoxy) is 2. The summed E-state index contributed by atoms with van der Waals surface area (Å²) in [5, 5.41) is 21.1. The molecular weight excluding hydrogens is 504 g/mol. The van der Waals surface area contributed by atoms with Gasteiger partial charge in [0.15, 0.2) is 0 Å². The van der Waals surface area contributed by atoms with Crippen LogP contribution < -0.4 is 9.47 Å². The van der Waals surface area contributed by atoms with Crippen molar-refractivity contribution in [2.24, 2.45) is 0 Å². The minimum Gasteiger partial charge on any atom is -0.491 e. The lowest BCUT2D eigenvalue weighted by Crippen LogP contribution is -2.52. The number of aliphatic hydroxyl groups is 2. The van der Waals surface area contributed by atoms with Crippen molar-refractivity contribution < 1.29 is 19.7 Å². The molecule has 2 atom stereocenters. The predicted molar refractivity (Wildman–Crippen MR) is 159 cm³/mol. The normalized spacial score (nSPS) is 25.1. The van der Waals surface area contributed by atoms with E-state index in [9.17, 15) is 10.2 Å². The van der Waals surface area contributed by atoms with Crippen LogP contribution in [0.25, 0.3) is 0 Å². The van der Waals surface area contributed by atoms with Crippen molar-refractivity contribution in [3.05, 3.63) is 24.3 Å². The standard InChI is InChI=1S/C32H54N4O4/c37-29(23-33-15-19-35(20-16-33)27-7-3-1-4-8-27)25-39-31-11-13-32(14-12-31)40-26-30(38)24-34-17-21-36(22-18-34)28-9-5-2-6-10-28/h11-14,27-30,37-38H,1-10,15-26H2/t29-,30+. The molecule has 1 aromatic rings. The van der Waals surface area contributed by atoms with Crippen LogP contribution in [-0.2, 0) is 0 Å². The quantitative estimate of drug-likeness (QED) is 0.406. The largest absolute Gasteiger partial charge is 0.491 e. The minimum atomic E-state index is -0.503. The molecule has 226 valence electrons. The Kier molecular flexibility index (Phi) is 11.8. The van der Waals surface area contributed by atoms with Crippen molar-refractivity contribution in [1.82, 2.24) is 19.6 Å². The fourth-order valence-corrected chi connectivity index (χ4v) is 7.23. The maximum absolute atomic E-state index is 10.6. The number of hydrogen-bond donors (Lipinski definition) is 2. The summed E-state index contributed by atoms with van der Waals surface area (Å²) in [6.45, 7) is 10.5. The van der Waals surface area contributed by atoms with Gasteiger partial charge in [-0.3, -0.25) is 19.6 Å². The lowest BCUT2D eigenvalue weighted by atomic mass is 9.94. The fourth-order valence-electron chi connectivity index (χ4n) is 7.23. The Morgan fingerprint density at radius 2 is 0.900 bits per heavy atom. The summed E-state index contributed by atoms with van der Waals surface area (Å²) < 4.78 is 11.7. The van der Waals surface area contributed by atoms with Gasteiger partial charge < -0.3 is 19.7 Å². The molecule has 8 nitrogen and oxygen atoms in total. The van der Waals surface area contributed by atoms with E-state index in [1.165, 1.54) is 64.2 Å². The van der Waals surface area contributed by atoms with Gasteiger partial charge in [-0.2, -0.15) is 0 Å². The molecule has 1 aromatic carbocycles. The molecule has 0 radical (unpaired) electrons. The highest BCUT2D eigenvalue weighted by Crippen LogP contribution is 2.25. The summed E-state index contributed by atoms with van der Waals surface area (Å²) in [5.41, 5.74) is 0. The van der Waals surface area contributed by atoms with Gasteiger partial charge in [0.25, 0.3) is 0 Å². The first-order valence-corrected chi connectivity index (χ1v) is 16.3. The fraction of sp³-hybridized carbons (Fsp3) is 0.812. The summed E-state index contributed by atoms with van der Waals surface area (Å²) in [5.74, 6) is 1.45. The predicted octanol–water partition coefficient (Wildman–Crippen LogP) is 3.07. The number of β-amino-alcohol motifs (C(OH)–C–C–N with tert-alkyl or cyclic N) is 2. The first kappa shape index (κ1) is 30.1. The van der Waals surface area contributed by atoms with Crippen LogP contribution in [0.3, 0.4) is 0 Å². The third-order valence-electron chi connectivity index (χ3n) is 9.64. The van der Waals surface area contributed by atoms with Gasteiger partial charge in [0, 0.05) is 77.5 Å². The van der Waals surface area contributed by atoms with E-state index in [0.717, 1.165) is 75.9 Å². The van der Waals surface area contributed by atoms with Gasteiger partial charge in [-0.05, 0) is 49.9 Å². The van der Waals surface area contributed by atoms with Crippen LogP contribution in [0.4, 0.5) is 0 Å². The van der Waals surface area contributed by atoms with Gasteiger partial charge in [0.2, 0.25) is 0 Å². The zero-order valence-corrected chi connectivity index (χ0v) is 24.7. The average Bonchev–Trinajstić information content (AvgIpc) is 3.01. The first-order valence-electron chi connectivity index (χ1n) is 16.3. The SMILES string of the molecule is O[C@H](COc1ccc(OC[C@H](O)CN2CCN(C3CCCCC3)CC2)cc1)CN1CCN(C2CCCCC2)CC1. The Balaban J connectivity index is 0.928. The van der Waals surface area contributed by atoms with Crippen LogP contribution >= 0.6 is 0 Å². The van der Waals surface area contributed by atoms with E-state index >= 15 is 0 Å². The van der Waals surface area contributed by atoms with Crippen molar-refractivity contribution in [3.8, 4) is 11.5 Å². The van der Waals surface area contributed by atoms with Gasteiger partial charge in [-0.15, -0.1) is 0 Å². The monoisotopic (exact) mass is 558 g/mol. The van der Waals surface area contributed by atoms with E-state index in [4.69, 9.17) is 9.47 Å². The molecule has 2 aliphatic carbocycles. The van der Waals surface area contributed by atoms with Crippen molar-refractivity contribution >= 4 is 0 Å². The highest BCUT2D eigenvalue weighted by atomic mass is 16.5. The molecule has 40 heavy (non-hydrogen) atoms. The van der Waals surface area contributed by atoms with Crippen LogP contribution in [0.5, 0.6) is 11.5 Å². The number of nitrogens with zero attached hydrogens (tertiary/aromatic N) is 4. The second-order valence-electron chi connectivity index (χ2n) is 12.7. The van der Waals surface area contributed by atoms with Gasteiger partial charge in [-0.25, -0.2) is 0 Å². The van der Waals surface area contributed by atoms with Crippen molar-refractivity contribution in [2.45, 2.75) is 88.5 Å². The second-order valence-corrected chi connectivity index (χ2v) is 12.7. The van der Waals surface area contributed by atoms with Crippen molar-refractivity contribution in [3.63, 3.8) is 0 Å². The smallest absolute Gasteiger partial charge is 0.119 e. The number of aliphatic hydroxyl groups excluding tert-OH is 2. The van der Waals surface area contributed by atoms with E-state index < -0.39 is 12.2 Å². The summed E-state index contributed by atoms with van der Waals surface area (Å²) >= 11 is 0. The van der Waals surface area contributed by atoms with E-state index in [-0.39, 0.29) is 13.2 Å². The molecule has 4 aliphatic rings. The van der Waals surface area contributed by atoms with E-state index in [1.54, 1.807) is 0 Å². The highest BCUT2D eigenvalue weighted by molar-refractivity contribution is 5.31. The molecule has 0 amide bonds. The number of hydrogen-bond acceptors (Lipinski definition) is 8. The molecule has 0 aromatic heterocycles. The highest BCUT2D eigenvalue weighted by Gasteiger charge is 2.27. The summed E-state index contributed by atoms with van der Waals surface area (Å²) in [4.78, 5) is 10.1. The Hall–Kier alpha value is -1.42. The van der Waals surface area contributed by atoms with E-state index in [1.807, 2.05) is 24.3 Å². The molecule has 2 saturated carbocycles. The molecule has 2 heterocycles. The molecule has 0 unspecified atom stereocenters. The summed E-state index contributed by atoms with van der Waals surface area (Å²) in [6, 6.07) is 9.07. The van der Waals surface area contributed by atoms with Crippen molar-refractivity contribution in [1.29, 1.82) is 0 Å². The van der Waals surface area contributed by atoms with E-state index in [0.29, 0.717) is 13.1 Å². The first-order chi connectivity index (χ1) is 19.6. The van der Waals surface area contributed by atoms with E-state index in [2.05, 4.69) is 19.6 Å². The zero-order valence-electron chi connectivity index (χ0n) is 24.7. The Labute approximate surface area is 242 Å². The van der Waals surface area contributed by atoms with Gasteiger partial charge in [-0.1, -0.05) is 38.5 Å². The van der Waals surface area contributed by atoms with Gasteiger partial charge >= 0.3 is 0 Å². The third kappa shape index (κ3) is 9.30. The summed E-state index contributed by atoms with van der Waals surface area (Å²) in [6.07, 6.45) is 12.8. The molecule has 4 fully saturated rings. The minimum absolute atomic E-state index is 0.287. The molecule has 5 rings (SSSR count). The maximum Gasteiger partial charge on any atom is 0.119 e. The van der Waals surface area contributed by atoms with Crippen LogP contribution in [0.2, 0.25) is 0 Å². The van der Waals surface area contributed by atoms with Crippen LogP contribution in [0.1, 0.15) is 64.2 Å². The number of benzene rings is 1. The molecule has 2 saturated heterocycles. The van der Waals surface area contributed by atoms with Crippen LogP contribution in [-0.4, -0.2) is 133 Å². The average molecular weight is 559 g/mol. The lowest BCUT2D eigenvalue weighted by Gasteiger charge is -2.41. The molecule has 0 spiro atoms. The van der Waals surface area contributed by atoms with Crippen LogP contribution in [0, 0.1) is 0 Å². The lowest BCUT2D eigenvalue weighted by molar-refractivity contribution is 0.0305. The van der Waals surface area contributed by atoms with Crippen LogP contribution in [0.15, 0.2) is 24.3 Å². The van der Waals surface area contributed by atoms with Gasteiger partial charge in [0.05, 0.1) is 0 Å². The maximum atomic E-state index is 10.6. The molecular formula is C32H54N4O4. The topological polar surface area (TPSA) is 71.9 Å². The third-order valence-corrected chi connectivity index (χ3v) is 9.64. The Bertz CT molecular complexity index is 761. The second kappa shape index (κ2) is 15.7. The van der Waals surface area contributed by atoms with Crippen molar-refractivity contribution in [2.75, 3.05) is 78.7 Å². The summed E-state index contributed by atoms with van der Waals surface area (Å²) in [7, 11) is 0. The molecule has 2 aliphatic heterocycles. The molecule has 0 bridgehead atoms. The number of rotatable bonds is 12.